The van der Waals surface area contributed by atoms with Gasteiger partial charge < -0.3 is 0 Å². The third kappa shape index (κ3) is 3.67. The van der Waals surface area contributed by atoms with Crippen LogP contribution in [0, 0.1) is 12.7 Å². The summed E-state index contributed by atoms with van der Waals surface area (Å²) in [6.07, 6.45) is 1.85. The summed E-state index contributed by atoms with van der Waals surface area (Å²) < 4.78 is 15.0. The van der Waals surface area contributed by atoms with Crippen molar-refractivity contribution in [3.05, 3.63) is 71.7 Å². The van der Waals surface area contributed by atoms with Crippen LogP contribution in [0.1, 0.15) is 31.9 Å². The highest BCUT2D eigenvalue weighted by atomic mass is 28.3. The van der Waals surface area contributed by atoms with E-state index in [4.69, 9.17) is 4.98 Å². The first-order valence-corrected chi connectivity index (χ1v) is 14.1. The molecule has 0 aliphatic heterocycles. The van der Waals surface area contributed by atoms with Gasteiger partial charge in [-0.1, -0.05) is 70.2 Å². The summed E-state index contributed by atoms with van der Waals surface area (Å²) in [6, 6.07) is 16.7. The molecule has 0 saturated carbocycles. The van der Waals surface area contributed by atoms with Crippen LogP contribution >= 0.6 is 0 Å². The van der Waals surface area contributed by atoms with Crippen LogP contribution in [0.3, 0.4) is 0 Å². The van der Waals surface area contributed by atoms with Gasteiger partial charge in [0.1, 0.15) is 5.82 Å². The zero-order valence-electron chi connectivity index (χ0n) is 19.0. The van der Waals surface area contributed by atoms with E-state index in [1.54, 1.807) is 6.07 Å². The second-order valence-electron chi connectivity index (χ2n) is 10.5. The number of halogens is 1. The van der Waals surface area contributed by atoms with Crippen molar-refractivity contribution in [2.45, 2.75) is 52.8 Å². The molecule has 4 rings (SSSR count). The monoisotopic (exact) mass is 415 g/mol. The molecule has 1 nitrogen and oxygen atoms in total. The van der Waals surface area contributed by atoms with Gasteiger partial charge in [0.25, 0.3) is 0 Å². The Labute approximate surface area is 180 Å². The molecule has 0 N–H and O–H groups in total. The van der Waals surface area contributed by atoms with E-state index in [2.05, 4.69) is 83.7 Å². The maximum absolute atomic E-state index is 15.0. The molecule has 0 spiro atoms. The summed E-state index contributed by atoms with van der Waals surface area (Å²) >= 11 is 0. The van der Waals surface area contributed by atoms with Crippen LogP contribution in [0.4, 0.5) is 4.39 Å². The zero-order valence-corrected chi connectivity index (χ0v) is 20.0. The number of benzene rings is 3. The number of pyridine rings is 1. The van der Waals surface area contributed by atoms with Gasteiger partial charge in [-0.25, -0.2) is 4.39 Å². The normalized spacial score (nSPS) is 12.7. The van der Waals surface area contributed by atoms with Gasteiger partial charge in [0.15, 0.2) is 0 Å². The summed E-state index contributed by atoms with van der Waals surface area (Å²) in [5.41, 5.74) is 4.65. The maximum atomic E-state index is 15.0. The van der Waals surface area contributed by atoms with E-state index in [0.29, 0.717) is 0 Å². The molecule has 0 saturated heterocycles. The number of aryl methyl sites for hydroxylation is 1. The van der Waals surface area contributed by atoms with Crippen LogP contribution in [0.15, 0.2) is 54.7 Å². The number of fused-ring (bicyclic) bond motifs is 3. The summed E-state index contributed by atoms with van der Waals surface area (Å²) in [6.45, 7) is 15.4. The van der Waals surface area contributed by atoms with Crippen molar-refractivity contribution in [3.8, 4) is 11.3 Å². The Bertz CT molecular complexity index is 1280. The van der Waals surface area contributed by atoms with Crippen molar-refractivity contribution in [1.82, 2.24) is 4.98 Å². The fraction of sp³-hybridized carbons (Fsp3) is 0.296. The molecule has 0 amide bonds. The first kappa shape index (κ1) is 20.7. The van der Waals surface area contributed by atoms with Gasteiger partial charge in [0.05, 0.1) is 13.8 Å². The van der Waals surface area contributed by atoms with Crippen LogP contribution in [0.5, 0.6) is 0 Å². The van der Waals surface area contributed by atoms with E-state index in [1.807, 2.05) is 12.3 Å². The molecule has 0 aliphatic carbocycles. The Hall–Kier alpha value is -2.52. The van der Waals surface area contributed by atoms with Gasteiger partial charge in [0.2, 0.25) is 0 Å². The standard InChI is InChI=1S/C27H30FNSi/c1-17-12-19(14-20(13-17)27(2,3)4)26-22-9-8-18-15-25(30(5,6)7)24(28)16-23(18)21(22)10-11-29-26/h8-16H,1-7H3. The quantitative estimate of drug-likeness (QED) is 0.246. The number of nitrogens with zero attached hydrogens (tertiary/aromatic N) is 1. The molecule has 0 aliphatic rings. The second kappa shape index (κ2) is 7.02. The molecule has 0 atom stereocenters. The molecule has 4 aromatic rings. The van der Waals surface area contributed by atoms with Crippen molar-refractivity contribution >= 4 is 34.8 Å². The van der Waals surface area contributed by atoms with Crippen LogP contribution in [0.2, 0.25) is 19.6 Å². The first-order chi connectivity index (χ1) is 13.9. The largest absolute Gasteiger partial charge is 0.256 e. The lowest BCUT2D eigenvalue weighted by atomic mass is 9.84. The van der Waals surface area contributed by atoms with Gasteiger partial charge >= 0.3 is 0 Å². The average Bonchev–Trinajstić information content (AvgIpc) is 2.65. The highest BCUT2D eigenvalue weighted by molar-refractivity contribution is 6.88. The van der Waals surface area contributed by atoms with Gasteiger partial charge in [-0.2, -0.15) is 0 Å². The maximum Gasteiger partial charge on any atom is 0.123 e. The first-order valence-electron chi connectivity index (χ1n) is 10.6. The SMILES string of the molecule is Cc1cc(-c2nccc3c2ccc2cc([Si](C)(C)C)c(F)cc23)cc(C(C)(C)C)c1. The van der Waals surface area contributed by atoms with Crippen LogP contribution in [-0.4, -0.2) is 13.1 Å². The van der Waals surface area contributed by atoms with Gasteiger partial charge in [-0.15, -0.1) is 0 Å². The smallest absolute Gasteiger partial charge is 0.123 e. The topological polar surface area (TPSA) is 12.9 Å². The fourth-order valence-electron chi connectivity index (χ4n) is 4.17. The van der Waals surface area contributed by atoms with Gasteiger partial charge in [-0.05, 0) is 63.5 Å². The van der Waals surface area contributed by atoms with E-state index in [1.165, 1.54) is 11.1 Å². The Kier molecular flexibility index (Phi) is 4.85. The van der Waals surface area contributed by atoms with E-state index < -0.39 is 8.07 Å². The van der Waals surface area contributed by atoms with Gasteiger partial charge in [0, 0.05) is 17.1 Å². The van der Waals surface area contributed by atoms with Crippen molar-refractivity contribution in [3.63, 3.8) is 0 Å². The molecule has 1 aromatic heterocycles. The average molecular weight is 416 g/mol. The predicted molar refractivity (Wildman–Crippen MR) is 131 cm³/mol. The third-order valence-corrected chi connectivity index (χ3v) is 7.87. The lowest BCUT2D eigenvalue weighted by Gasteiger charge is -2.21. The molecule has 154 valence electrons. The van der Waals surface area contributed by atoms with Crippen LogP contribution in [-0.2, 0) is 5.41 Å². The lowest BCUT2D eigenvalue weighted by Crippen LogP contribution is -2.39. The van der Waals surface area contributed by atoms with E-state index in [0.717, 1.165) is 38.0 Å². The molecular formula is C27H30FNSi. The van der Waals surface area contributed by atoms with Crippen molar-refractivity contribution in [2.24, 2.45) is 0 Å². The Morgan fingerprint density at radius 2 is 1.57 bits per heavy atom. The molecule has 3 aromatic carbocycles. The Morgan fingerprint density at radius 1 is 0.833 bits per heavy atom. The van der Waals surface area contributed by atoms with Gasteiger partial charge in [-0.3, -0.25) is 4.98 Å². The Balaban J connectivity index is 1.99. The van der Waals surface area contributed by atoms with Crippen molar-refractivity contribution < 1.29 is 4.39 Å². The molecule has 30 heavy (non-hydrogen) atoms. The third-order valence-electron chi connectivity index (χ3n) is 5.87. The van der Waals surface area contributed by atoms with E-state index in [9.17, 15) is 0 Å². The van der Waals surface area contributed by atoms with Crippen LogP contribution < -0.4 is 5.19 Å². The number of aromatic nitrogens is 1. The molecule has 0 radical (unpaired) electrons. The lowest BCUT2D eigenvalue weighted by molar-refractivity contribution is 0.590. The molecule has 3 heteroatoms. The molecule has 0 unspecified atom stereocenters. The predicted octanol–water partition coefficient (Wildman–Crippen LogP) is 7.35. The minimum Gasteiger partial charge on any atom is -0.256 e. The molecule has 0 fully saturated rings. The summed E-state index contributed by atoms with van der Waals surface area (Å²) in [5, 5.41) is 5.06. The fourth-order valence-corrected chi connectivity index (χ4v) is 5.55. The van der Waals surface area contributed by atoms with Crippen molar-refractivity contribution in [2.75, 3.05) is 0 Å². The molecule has 0 bridgehead atoms. The summed E-state index contributed by atoms with van der Waals surface area (Å²) in [5.74, 6) is -0.0851. The highest BCUT2D eigenvalue weighted by Crippen LogP contribution is 2.34. The molecule has 1 heterocycles. The second-order valence-corrected chi connectivity index (χ2v) is 15.5. The minimum absolute atomic E-state index is 0.0639. The van der Waals surface area contributed by atoms with Crippen LogP contribution in [0.25, 0.3) is 32.8 Å². The molecular weight excluding hydrogens is 385 g/mol. The highest BCUT2D eigenvalue weighted by Gasteiger charge is 2.22. The van der Waals surface area contributed by atoms with E-state index in [-0.39, 0.29) is 11.2 Å². The summed E-state index contributed by atoms with van der Waals surface area (Å²) in [7, 11) is -1.74. The minimum atomic E-state index is -1.74. The van der Waals surface area contributed by atoms with E-state index >= 15 is 4.39 Å². The zero-order chi connectivity index (χ0) is 21.8. The van der Waals surface area contributed by atoms with Crippen molar-refractivity contribution in [1.29, 1.82) is 0 Å². The number of rotatable bonds is 2. The number of hydrogen-bond acceptors (Lipinski definition) is 1. The number of hydrogen-bond donors (Lipinski definition) is 0. The summed E-state index contributed by atoms with van der Waals surface area (Å²) in [4.78, 5) is 4.74. The Morgan fingerprint density at radius 3 is 2.23 bits per heavy atom.